The summed E-state index contributed by atoms with van der Waals surface area (Å²) in [5, 5.41) is 17.0. The van der Waals surface area contributed by atoms with Crippen LogP contribution in [-0.2, 0) is 16.1 Å². The van der Waals surface area contributed by atoms with E-state index in [1.54, 1.807) is 31.6 Å². The number of para-hydroxylation sites is 1. The summed E-state index contributed by atoms with van der Waals surface area (Å²) in [4.78, 5) is 24.2. The number of amides is 1. The van der Waals surface area contributed by atoms with Crippen LogP contribution in [0.4, 0.5) is 4.79 Å². The number of carbonyl (C=O) groups excluding carboxylic acids is 1. The summed E-state index contributed by atoms with van der Waals surface area (Å²) in [6.07, 6.45) is 0.938. The fourth-order valence-electron chi connectivity index (χ4n) is 1.95. The lowest BCUT2D eigenvalue weighted by Gasteiger charge is -2.25. The van der Waals surface area contributed by atoms with E-state index in [-0.39, 0.29) is 6.54 Å². The number of hydrogen-bond donors (Lipinski definition) is 1. The molecular weight excluding hydrogens is 312 g/mol. The maximum absolute atomic E-state index is 12.2. The maximum Gasteiger partial charge on any atom is 0.411 e. The summed E-state index contributed by atoms with van der Waals surface area (Å²) < 4.78 is 6.79. The zero-order chi connectivity index (χ0) is 17.7. The van der Waals surface area contributed by atoms with Crippen molar-refractivity contribution in [3.63, 3.8) is 0 Å². The monoisotopic (exact) mass is 332 g/mol. The summed E-state index contributed by atoms with van der Waals surface area (Å²) in [7, 11) is 0. The Morgan fingerprint density at radius 3 is 2.50 bits per heavy atom. The molecule has 0 atom stereocenters. The van der Waals surface area contributed by atoms with Gasteiger partial charge < -0.3 is 9.84 Å². The third-order valence-electron chi connectivity index (χ3n) is 2.89. The van der Waals surface area contributed by atoms with E-state index in [0.29, 0.717) is 5.69 Å². The van der Waals surface area contributed by atoms with E-state index in [4.69, 9.17) is 9.84 Å². The van der Waals surface area contributed by atoms with Crippen molar-refractivity contribution >= 4 is 12.1 Å². The lowest BCUT2D eigenvalue weighted by Crippen LogP contribution is -2.39. The maximum atomic E-state index is 12.2. The Hall–Kier alpha value is -2.90. The van der Waals surface area contributed by atoms with Crippen molar-refractivity contribution in [3.05, 3.63) is 42.2 Å². The summed E-state index contributed by atoms with van der Waals surface area (Å²) in [5.41, 5.74) is 0.569. The van der Waals surface area contributed by atoms with Crippen LogP contribution in [0, 0.1) is 0 Å². The highest BCUT2D eigenvalue weighted by molar-refractivity contribution is 5.76. The molecule has 0 aliphatic heterocycles. The zero-order valence-corrected chi connectivity index (χ0v) is 13.8. The number of hydrogen-bond acceptors (Lipinski definition) is 5. The predicted molar refractivity (Wildman–Crippen MR) is 85.6 cm³/mol. The molecule has 8 heteroatoms. The molecule has 0 aliphatic carbocycles. The molecule has 2 rings (SSSR count). The van der Waals surface area contributed by atoms with Gasteiger partial charge in [0.1, 0.15) is 17.8 Å². The number of carboxylic acids is 1. The second-order valence-electron chi connectivity index (χ2n) is 6.22. The van der Waals surface area contributed by atoms with Gasteiger partial charge >= 0.3 is 12.1 Å². The van der Waals surface area contributed by atoms with Gasteiger partial charge in [-0.15, -0.1) is 5.10 Å². The van der Waals surface area contributed by atoms with E-state index in [2.05, 4.69) is 10.3 Å². The van der Waals surface area contributed by atoms with Crippen LogP contribution in [0.15, 0.2) is 36.5 Å². The lowest BCUT2D eigenvalue weighted by molar-refractivity contribution is -0.138. The van der Waals surface area contributed by atoms with Gasteiger partial charge in [-0.05, 0) is 32.9 Å². The number of carboxylic acid groups (broad SMARTS) is 1. The van der Waals surface area contributed by atoms with E-state index < -0.39 is 24.2 Å². The minimum atomic E-state index is -1.13. The third kappa shape index (κ3) is 5.08. The minimum absolute atomic E-state index is 0.00591. The van der Waals surface area contributed by atoms with Crippen molar-refractivity contribution in [2.24, 2.45) is 0 Å². The standard InChI is InChI=1S/C16H20N4O4/c1-16(2,3)24-15(23)19(11-14(21)22)9-12-10-20(18-17-12)13-7-5-4-6-8-13/h4-8,10H,9,11H2,1-3H3,(H,21,22). The van der Waals surface area contributed by atoms with Crippen molar-refractivity contribution in [1.29, 1.82) is 0 Å². The van der Waals surface area contributed by atoms with Gasteiger partial charge in [0.05, 0.1) is 18.4 Å². The Balaban J connectivity index is 2.13. The normalized spacial score (nSPS) is 11.1. The SMILES string of the molecule is CC(C)(C)OC(=O)N(CC(=O)O)Cc1cn(-c2ccccc2)nn1. The molecule has 0 radical (unpaired) electrons. The highest BCUT2D eigenvalue weighted by Crippen LogP contribution is 2.13. The largest absolute Gasteiger partial charge is 0.480 e. The van der Waals surface area contributed by atoms with Gasteiger partial charge in [0.25, 0.3) is 0 Å². The molecule has 0 fully saturated rings. The Bertz CT molecular complexity index is 706. The summed E-state index contributed by atoms with van der Waals surface area (Å²) in [6, 6.07) is 9.35. The van der Waals surface area contributed by atoms with Gasteiger partial charge in [0, 0.05) is 0 Å². The number of nitrogens with zero attached hydrogens (tertiary/aromatic N) is 4. The summed E-state index contributed by atoms with van der Waals surface area (Å²) >= 11 is 0. The van der Waals surface area contributed by atoms with Gasteiger partial charge in [-0.25, -0.2) is 9.48 Å². The quantitative estimate of drug-likeness (QED) is 0.900. The zero-order valence-electron chi connectivity index (χ0n) is 13.8. The molecule has 2 aromatic rings. The molecule has 8 nitrogen and oxygen atoms in total. The van der Waals surface area contributed by atoms with Gasteiger partial charge in [-0.2, -0.15) is 0 Å². The molecule has 0 bridgehead atoms. The van der Waals surface area contributed by atoms with E-state index in [9.17, 15) is 9.59 Å². The first-order valence-corrected chi connectivity index (χ1v) is 7.41. The Labute approximate surface area is 139 Å². The average Bonchev–Trinajstić information content (AvgIpc) is 2.94. The molecular formula is C16H20N4O4. The van der Waals surface area contributed by atoms with E-state index in [1.165, 1.54) is 0 Å². The fourth-order valence-corrected chi connectivity index (χ4v) is 1.95. The molecule has 0 saturated heterocycles. The van der Waals surface area contributed by atoms with Gasteiger partial charge in [-0.1, -0.05) is 23.4 Å². The molecule has 1 aromatic carbocycles. The van der Waals surface area contributed by atoms with Crippen molar-refractivity contribution < 1.29 is 19.4 Å². The lowest BCUT2D eigenvalue weighted by atomic mass is 10.2. The van der Waals surface area contributed by atoms with Crippen molar-refractivity contribution in [2.45, 2.75) is 32.9 Å². The number of carbonyl (C=O) groups is 2. The predicted octanol–water partition coefficient (Wildman–Crippen LogP) is 2.09. The van der Waals surface area contributed by atoms with Crippen LogP contribution < -0.4 is 0 Å². The summed E-state index contributed by atoms with van der Waals surface area (Å²) in [5.74, 6) is -1.13. The molecule has 24 heavy (non-hydrogen) atoms. The number of ether oxygens (including phenoxy) is 1. The van der Waals surface area contributed by atoms with E-state index in [1.807, 2.05) is 30.3 Å². The van der Waals surface area contributed by atoms with Crippen LogP contribution in [0.1, 0.15) is 26.5 Å². The molecule has 0 aliphatic rings. The van der Waals surface area contributed by atoms with Gasteiger partial charge in [-0.3, -0.25) is 9.69 Å². The van der Waals surface area contributed by atoms with Crippen molar-refractivity contribution in [1.82, 2.24) is 19.9 Å². The molecule has 1 N–H and O–H groups in total. The highest BCUT2D eigenvalue weighted by Gasteiger charge is 2.24. The van der Waals surface area contributed by atoms with Crippen LogP contribution in [0.3, 0.4) is 0 Å². The smallest absolute Gasteiger partial charge is 0.411 e. The van der Waals surface area contributed by atoms with Crippen LogP contribution in [0.5, 0.6) is 0 Å². The second-order valence-corrected chi connectivity index (χ2v) is 6.22. The van der Waals surface area contributed by atoms with Gasteiger partial charge in [0.15, 0.2) is 0 Å². The molecule has 1 heterocycles. The molecule has 0 saturated carbocycles. The van der Waals surface area contributed by atoms with Crippen molar-refractivity contribution in [2.75, 3.05) is 6.54 Å². The molecule has 0 unspecified atom stereocenters. The first-order chi connectivity index (χ1) is 11.2. The topological polar surface area (TPSA) is 97.6 Å². The first kappa shape index (κ1) is 17.5. The first-order valence-electron chi connectivity index (χ1n) is 7.41. The Kier molecular flexibility index (Phi) is 5.18. The number of aromatic nitrogens is 3. The van der Waals surface area contributed by atoms with E-state index in [0.717, 1.165) is 10.6 Å². The van der Waals surface area contributed by atoms with Crippen LogP contribution in [0.2, 0.25) is 0 Å². The number of rotatable bonds is 5. The minimum Gasteiger partial charge on any atom is -0.480 e. The Morgan fingerprint density at radius 1 is 1.25 bits per heavy atom. The molecule has 128 valence electrons. The van der Waals surface area contributed by atoms with Crippen molar-refractivity contribution in [3.8, 4) is 5.69 Å². The second kappa shape index (κ2) is 7.12. The summed E-state index contributed by atoms with van der Waals surface area (Å²) in [6.45, 7) is 4.67. The number of aliphatic carboxylic acids is 1. The van der Waals surface area contributed by atoms with Gasteiger partial charge in [0.2, 0.25) is 0 Å². The fraction of sp³-hybridized carbons (Fsp3) is 0.375. The molecule has 0 spiro atoms. The average molecular weight is 332 g/mol. The van der Waals surface area contributed by atoms with E-state index >= 15 is 0 Å². The van der Waals surface area contributed by atoms with Crippen LogP contribution >= 0.6 is 0 Å². The highest BCUT2D eigenvalue weighted by atomic mass is 16.6. The van der Waals surface area contributed by atoms with Crippen LogP contribution in [-0.4, -0.2) is 49.2 Å². The Morgan fingerprint density at radius 2 is 1.92 bits per heavy atom. The molecule has 1 aromatic heterocycles. The molecule has 1 amide bonds. The number of benzene rings is 1. The third-order valence-corrected chi connectivity index (χ3v) is 2.89. The van der Waals surface area contributed by atoms with Crippen LogP contribution in [0.25, 0.3) is 5.69 Å².